The van der Waals surface area contributed by atoms with Crippen molar-refractivity contribution in [3.05, 3.63) is 28.2 Å². The Morgan fingerprint density at radius 1 is 1.31 bits per heavy atom. The minimum atomic E-state index is 0.0856. The van der Waals surface area contributed by atoms with Crippen LogP contribution in [0.25, 0.3) is 0 Å². The second-order valence-electron chi connectivity index (χ2n) is 7.13. The molecule has 1 N–H and O–H groups in total. The first-order valence-corrected chi connectivity index (χ1v) is 10.4. The normalized spacial score (nSPS) is 17.9. The number of halogens is 2. The average molecular weight is 401 g/mol. The molecule has 1 heterocycles. The molecular formula is C20H30Cl2N2O2. The zero-order valence-corrected chi connectivity index (χ0v) is 17.1. The van der Waals surface area contributed by atoms with Crippen LogP contribution in [0.2, 0.25) is 10.0 Å². The van der Waals surface area contributed by atoms with Crippen LogP contribution in [0.15, 0.2) is 18.2 Å². The van der Waals surface area contributed by atoms with Gasteiger partial charge in [-0.25, -0.2) is 0 Å². The first-order chi connectivity index (χ1) is 12.5. The number of amides is 1. The molecule has 1 aliphatic rings. The Bertz CT molecular complexity index is 569. The molecule has 0 saturated carbocycles. The maximum absolute atomic E-state index is 11.9. The molecule has 1 fully saturated rings. The van der Waals surface area contributed by atoms with E-state index in [9.17, 15) is 4.79 Å². The SMILES string of the molecule is CC1CCCN(CCCCNC(=O)CCCOc2ccc(Cl)cc2Cl)C1. The van der Waals surface area contributed by atoms with Crippen molar-refractivity contribution in [1.29, 1.82) is 0 Å². The fourth-order valence-corrected chi connectivity index (χ4v) is 3.74. The molecule has 0 aliphatic carbocycles. The van der Waals surface area contributed by atoms with E-state index in [-0.39, 0.29) is 5.91 Å². The Labute approximate surface area is 167 Å². The summed E-state index contributed by atoms with van der Waals surface area (Å²) in [6.45, 7) is 7.15. The highest BCUT2D eigenvalue weighted by atomic mass is 35.5. The number of benzene rings is 1. The Morgan fingerprint density at radius 3 is 2.92 bits per heavy atom. The summed E-state index contributed by atoms with van der Waals surface area (Å²) in [5.74, 6) is 1.51. The molecule has 1 aliphatic heterocycles. The second-order valence-corrected chi connectivity index (χ2v) is 7.98. The standard InChI is InChI=1S/C20H30Cl2N2O2/c1-16-6-4-12-24(15-16)11-3-2-10-23-20(25)7-5-13-26-19-9-8-17(21)14-18(19)22/h8-9,14,16H,2-7,10-13,15H2,1H3,(H,23,25). The number of hydrogen-bond donors (Lipinski definition) is 1. The highest BCUT2D eigenvalue weighted by Crippen LogP contribution is 2.27. The van der Waals surface area contributed by atoms with Crippen LogP contribution in [0.4, 0.5) is 0 Å². The van der Waals surface area contributed by atoms with Crippen LogP contribution in [0.3, 0.4) is 0 Å². The Morgan fingerprint density at radius 2 is 2.15 bits per heavy atom. The number of hydrogen-bond acceptors (Lipinski definition) is 3. The third-order valence-electron chi connectivity index (χ3n) is 4.66. The van der Waals surface area contributed by atoms with Crippen molar-refractivity contribution in [2.75, 3.05) is 32.8 Å². The number of likely N-dealkylation sites (tertiary alicyclic amines) is 1. The number of unbranched alkanes of at least 4 members (excludes halogenated alkanes) is 1. The van der Waals surface area contributed by atoms with Gasteiger partial charge in [0.25, 0.3) is 0 Å². The summed E-state index contributed by atoms with van der Waals surface area (Å²) in [7, 11) is 0. The van der Waals surface area contributed by atoms with E-state index in [2.05, 4.69) is 17.1 Å². The number of carbonyl (C=O) groups is 1. The van der Waals surface area contributed by atoms with Crippen LogP contribution < -0.4 is 10.1 Å². The lowest BCUT2D eigenvalue weighted by Gasteiger charge is -2.30. The maximum atomic E-state index is 11.9. The summed E-state index contributed by atoms with van der Waals surface area (Å²) < 4.78 is 5.58. The van der Waals surface area contributed by atoms with E-state index in [1.807, 2.05) is 0 Å². The minimum absolute atomic E-state index is 0.0856. The van der Waals surface area contributed by atoms with Crippen LogP contribution in [-0.2, 0) is 4.79 Å². The van der Waals surface area contributed by atoms with E-state index in [0.717, 1.165) is 31.8 Å². The van der Waals surface area contributed by atoms with Gasteiger partial charge >= 0.3 is 0 Å². The van der Waals surface area contributed by atoms with Gasteiger partial charge in [-0.2, -0.15) is 0 Å². The van der Waals surface area contributed by atoms with Gasteiger partial charge in [0.15, 0.2) is 0 Å². The van der Waals surface area contributed by atoms with Crippen LogP contribution in [-0.4, -0.2) is 43.6 Å². The number of carbonyl (C=O) groups excluding carboxylic acids is 1. The predicted octanol–water partition coefficient (Wildman–Crippen LogP) is 4.78. The monoisotopic (exact) mass is 400 g/mol. The molecule has 146 valence electrons. The quantitative estimate of drug-likeness (QED) is 0.574. The highest BCUT2D eigenvalue weighted by molar-refractivity contribution is 6.35. The minimum Gasteiger partial charge on any atom is -0.492 e. The maximum Gasteiger partial charge on any atom is 0.220 e. The average Bonchev–Trinajstić information content (AvgIpc) is 2.60. The van der Waals surface area contributed by atoms with Crippen LogP contribution in [0.5, 0.6) is 5.75 Å². The smallest absolute Gasteiger partial charge is 0.220 e. The van der Waals surface area contributed by atoms with Crippen LogP contribution in [0, 0.1) is 5.92 Å². The predicted molar refractivity (Wildman–Crippen MR) is 108 cm³/mol. The van der Waals surface area contributed by atoms with E-state index in [1.165, 1.54) is 25.9 Å². The number of piperidine rings is 1. The van der Waals surface area contributed by atoms with Crippen molar-refractivity contribution < 1.29 is 9.53 Å². The summed E-state index contributed by atoms with van der Waals surface area (Å²) in [4.78, 5) is 14.4. The molecular weight excluding hydrogens is 371 g/mol. The molecule has 0 spiro atoms. The van der Waals surface area contributed by atoms with Crippen LogP contribution >= 0.6 is 23.2 Å². The summed E-state index contributed by atoms with van der Waals surface area (Å²) >= 11 is 11.9. The third kappa shape index (κ3) is 8.15. The van der Waals surface area contributed by atoms with E-state index in [4.69, 9.17) is 27.9 Å². The van der Waals surface area contributed by atoms with Gasteiger partial charge in [0.05, 0.1) is 11.6 Å². The summed E-state index contributed by atoms with van der Waals surface area (Å²) in [5, 5.41) is 4.06. The lowest BCUT2D eigenvalue weighted by atomic mass is 10.0. The molecule has 1 atom stereocenters. The highest BCUT2D eigenvalue weighted by Gasteiger charge is 2.15. The van der Waals surface area contributed by atoms with Crippen molar-refractivity contribution in [3.8, 4) is 5.75 Å². The molecule has 0 radical (unpaired) electrons. The van der Waals surface area contributed by atoms with Crippen molar-refractivity contribution in [1.82, 2.24) is 10.2 Å². The van der Waals surface area contributed by atoms with E-state index < -0.39 is 0 Å². The number of nitrogens with one attached hydrogen (secondary N) is 1. The van der Waals surface area contributed by atoms with Crippen LogP contribution in [0.1, 0.15) is 45.4 Å². The molecule has 26 heavy (non-hydrogen) atoms. The third-order valence-corrected chi connectivity index (χ3v) is 5.19. The van der Waals surface area contributed by atoms with E-state index in [0.29, 0.717) is 35.2 Å². The first-order valence-electron chi connectivity index (χ1n) is 9.61. The van der Waals surface area contributed by atoms with Crippen molar-refractivity contribution in [3.63, 3.8) is 0 Å². The molecule has 1 unspecified atom stereocenters. The van der Waals surface area contributed by atoms with Gasteiger partial charge in [0.1, 0.15) is 5.75 Å². The van der Waals surface area contributed by atoms with Gasteiger partial charge in [-0.3, -0.25) is 4.79 Å². The lowest BCUT2D eigenvalue weighted by molar-refractivity contribution is -0.121. The van der Waals surface area contributed by atoms with Gasteiger partial charge in [-0.15, -0.1) is 0 Å². The fraction of sp³-hybridized carbons (Fsp3) is 0.650. The van der Waals surface area contributed by atoms with E-state index in [1.54, 1.807) is 18.2 Å². The molecule has 0 bridgehead atoms. The van der Waals surface area contributed by atoms with Gasteiger partial charge in [0.2, 0.25) is 5.91 Å². The first kappa shape index (κ1) is 21.3. The Hall–Kier alpha value is -0.970. The zero-order valence-electron chi connectivity index (χ0n) is 15.6. The summed E-state index contributed by atoms with van der Waals surface area (Å²) in [6.07, 6.45) is 5.99. The Kier molecular flexibility index (Phi) is 9.58. The molecule has 1 aromatic carbocycles. The lowest BCUT2D eigenvalue weighted by Crippen LogP contribution is -2.35. The summed E-state index contributed by atoms with van der Waals surface area (Å²) in [6, 6.07) is 5.13. The van der Waals surface area contributed by atoms with Gasteiger partial charge < -0.3 is 15.0 Å². The van der Waals surface area contributed by atoms with Crippen molar-refractivity contribution in [2.45, 2.75) is 45.4 Å². The fourth-order valence-electron chi connectivity index (χ4n) is 3.27. The Balaban J connectivity index is 1.47. The van der Waals surface area contributed by atoms with Gasteiger partial charge in [-0.05, 0) is 69.3 Å². The second kappa shape index (κ2) is 11.7. The van der Waals surface area contributed by atoms with Crippen molar-refractivity contribution >= 4 is 29.1 Å². The number of nitrogens with zero attached hydrogens (tertiary/aromatic N) is 1. The molecule has 4 nitrogen and oxygen atoms in total. The molecule has 2 rings (SSSR count). The number of rotatable bonds is 10. The molecule has 0 aromatic heterocycles. The number of ether oxygens (including phenoxy) is 1. The molecule has 1 saturated heterocycles. The van der Waals surface area contributed by atoms with Gasteiger partial charge in [0, 0.05) is 24.5 Å². The summed E-state index contributed by atoms with van der Waals surface area (Å²) in [5.41, 5.74) is 0. The topological polar surface area (TPSA) is 41.6 Å². The molecule has 1 amide bonds. The molecule has 6 heteroatoms. The largest absolute Gasteiger partial charge is 0.492 e. The molecule has 1 aromatic rings. The van der Waals surface area contributed by atoms with Gasteiger partial charge in [-0.1, -0.05) is 30.1 Å². The van der Waals surface area contributed by atoms with E-state index >= 15 is 0 Å². The van der Waals surface area contributed by atoms with Crippen molar-refractivity contribution in [2.24, 2.45) is 5.92 Å². The zero-order chi connectivity index (χ0) is 18.8.